The number of nitrogens with zero attached hydrogens (tertiary/aromatic N) is 1. The Labute approximate surface area is 156 Å². The first-order valence-electron chi connectivity index (χ1n) is 8.35. The molecule has 0 aliphatic carbocycles. The maximum Gasteiger partial charge on any atom is 0.438 e. The van der Waals surface area contributed by atoms with Gasteiger partial charge in [0.25, 0.3) is 0 Å². The minimum atomic E-state index is -0.654. The number of carbonyl (C=O) groups excluding carboxylic acids is 1. The van der Waals surface area contributed by atoms with Gasteiger partial charge in [-0.15, -0.1) is 0 Å². The van der Waals surface area contributed by atoms with Crippen molar-refractivity contribution in [3.63, 3.8) is 0 Å². The minimum Gasteiger partial charge on any atom is -0.380 e. The number of hydrogen-bond acceptors (Lipinski definition) is 6. The van der Waals surface area contributed by atoms with Crippen molar-refractivity contribution in [1.29, 1.82) is 0 Å². The molecule has 0 bridgehead atoms. The van der Waals surface area contributed by atoms with Gasteiger partial charge >= 0.3 is 5.76 Å². The highest BCUT2D eigenvalue weighted by Crippen LogP contribution is 2.11. The van der Waals surface area contributed by atoms with Crippen molar-refractivity contribution in [3.8, 4) is 0 Å². The molecule has 1 saturated heterocycles. The molecule has 0 saturated carbocycles. The zero-order valence-corrected chi connectivity index (χ0v) is 15.3. The second kappa shape index (κ2) is 10.7. The second-order valence-corrected chi connectivity index (χ2v) is 6.32. The van der Waals surface area contributed by atoms with E-state index in [4.69, 9.17) is 16.3 Å². The summed E-state index contributed by atoms with van der Waals surface area (Å²) in [4.78, 5) is 24.6. The Morgan fingerprint density at radius 1 is 1.42 bits per heavy atom. The number of aromatic nitrogens is 2. The molecule has 142 valence electrons. The molecule has 1 aliphatic heterocycles. The van der Waals surface area contributed by atoms with Crippen LogP contribution in [-0.4, -0.2) is 48.9 Å². The zero-order valence-electron chi connectivity index (χ0n) is 14.6. The third kappa shape index (κ3) is 7.38. The quantitative estimate of drug-likeness (QED) is 0.725. The number of aromatic amines is 1. The Morgan fingerprint density at radius 3 is 2.88 bits per heavy atom. The summed E-state index contributed by atoms with van der Waals surface area (Å²) in [6, 6.07) is 7.77. The van der Waals surface area contributed by atoms with Crippen LogP contribution in [0, 0.1) is 12.8 Å². The van der Waals surface area contributed by atoms with Gasteiger partial charge in [0.1, 0.15) is 0 Å². The van der Waals surface area contributed by atoms with E-state index in [-0.39, 0.29) is 24.1 Å². The lowest BCUT2D eigenvalue weighted by molar-refractivity contribution is -0.120. The van der Waals surface area contributed by atoms with Crippen molar-refractivity contribution in [2.75, 3.05) is 32.8 Å². The molecule has 1 aliphatic rings. The van der Waals surface area contributed by atoms with Gasteiger partial charge in [0, 0.05) is 30.6 Å². The summed E-state index contributed by atoms with van der Waals surface area (Å²) >= 11 is 5.71. The predicted molar refractivity (Wildman–Crippen MR) is 97.2 cm³/mol. The first kappa shape index (κ1) is 20.2. The fourth-order valence-corrected chi connectivity index (χ4v) is 2.39. The van der Waals surface area contributed by atoms with Gasteiger partial charge in [0.2, 0.25) is 5.91 Å². The van der Waals surface area contributed by atoms with E-state index in [1.54, 1.807) is 0 Å². The summed E-state index contributed by atoms with van der Waals surface area (Å²) in [6.07, 6.45) is 0.00669. The van der Waals surface area contributed by atoms with Gasteiger partial charge in [-0.25, -0.2) is 4.79 Å². The largest absolute Gasteiger partial charge is 0.438 e. The number of ether oxygens (including phenoxy) is 1. The summed E-state index contributed by atoms with van der Waals surface area (Å²) in [6.45, 7) is 5.51. The van der Waals surface area contributed by atoms with Gasteiger partial charge in [-0.2, -0.15) is 0 Å². The molecule has 2 heterocycles. The first-order valence-corrected chi connectivity index (χ1v) is 8.73. The number of amides is 1. The van der Waals surface area contributed by atoms with E-state index in [9.17, 15) is 9.59 Å². The highest BCUT2D eigenvalue weighted by Gasteiger charge is 2.14. The number of rotatable bonds is 4. The minimum absolute atomic E-state index is 0.00669. The van der Waals surface area contributed by atoms with Crippen molar-refractivity contribution in [3.05, 3.63) is 51.2 Å². The first-order chi connectivity index (χ1) is 12.5. The summed E-state index contributed by atoms with van der Waals surface area (Å²) < 4.78 is 9.68. The summed E-state index contributed by atoms with van der Waals surface area (Å²) in [5.41, 5.74) is 1.13. The maximum atomic E-state index is 11.6. The van der Waals surface area contributed by atoms with Crippen molar-refractivity contribution in [2.24, 2.45) is 5.92 Å². The molecule has 8 nitrogen and oxygen atoms in total. The van der Waals surface area contributed by atoms with Crippen molar-refractivity contribution in [2.45, 2.75) is 13.3 Å². The van der Waals surface area contributed by atoms with Crippen LogP contribution in [0.3, 0.4) is 0 Å². The van der Waals surface area contributed by atoms with E-state index < -0.39 is 5.76 Å². The Bertz CT molecular complexity index is 717. The van der Waals surface area contributed by atoms with Crippen LogP contribution >= 0.6 is 11.6 Å². The third-order valence-corrected chi connectivity index (χ3v) is 4.11. The van der Waals surface area contributed by atoms with Gasteiger partial charge in [0.15, 0.2) is 5.82 Å². The lowest BCUT2D eigenvalue weighted by atomic mass is 10.1. The van der Waals surface area contributed by atoms with Crippen molar-refractivity contribution in [1.82, 2.24) is 20.8 Å². The van der Waals surface area contributed by atoms with E-state index >= 15 is 0 Å². The Morgan fingerprint density at radius 2 is 2.23 bits per heavy atom. The van der Waals surface area contributed by atoms with E-state index in [0.29, 0.717) is 19.8 Å². The fourth-order valence-electron chi connectivity index (χ4n) is 2.25. The number of benzene rings is 1. The van der Waals surface area contributed by atoms with Crippen LogP contribution in [0.2, 0.25) is 5.02 Å². The van der Waals surface area contributed by atoms with Crippen LogP contribution in [0.5, 0.6) is 0 Å². The molecule has 0 spiro atoms. The molecule has 1 aromatic heterocycles. The van der Waals surface area contributed by atoms with E-state index in [1.165, 1.54) is 0 Å². The van der Waals surface area contributed by atoms with Crippen LogP contribution in [0.1, 0.15) is 11.4 Å². The molecule has 26 heavy (non-hydrogen) atoms. The van der Waals surface area contributed by atoms with Gasteiger partial charge < -0.3 is 15.4 Å². The predicted octanol–water partition coefficient (Wildman–Crippen LogP) is 0.906. The normalized spacial score (nSPS) is 16.9. The van der Waals surface area contributed by atoms with Gasteiger partial charge in [-0.05, 0) is 18.6 Å². The average molecular weight is 383 g/mol. The van der Waals surface area contributed by atoms with Crippen LogP contribution in [-0.2, 0) is 16.0 Å². The van der Waals surface area contributed by atoms with Crippen molar-refractivity contribution >= 4 is 17.5 Å². The third-order valence-electron chi connectivity index (χ3n) is 3.69. The molecule has 9 heteroatoms. The van der Waals surface area contributed by atoms with E-state index in [1.807, 2.05) is 31.2 Å². The molecule has 2 aromatic rings. The average Bonchev–Trinajstić information content (AvgIpc) is 2.86. The molecule has 3 rings (SSSR count). The number of H-pyrrole nitrogens is 1. The van der Waals surface area contributed by atoms with Gasteiger partial charge in [-0.1, -0.05) is 35.0 Å². The zero-order chi connectivity index (χ0) is 18.8. The Balaban J connectivity index is 0.000000254. The topological polar surface area (TPSA) is 109 Å². The monoisotopic (exact) mass is 382 g/mol. The molecule has 1 unspecified atom stereocenters. The van der Waals surface area contributed by atoms with E-state index in [0.717, 1.165) is 23.7 Å². The fraction of sp³-hybridized carbons (Fsp3) is 0.471. The standard InChI is InChI=1S/C10H16N4O4.C7H7Cl/c15-9(3-8-13-10(16)18-14-8)12-5-7-4-11-1-2-17-6-7;1-6-4-2-3-5-7(6)8/h7,11H,1-6H2,(H,12,15)(H,13,14,16);2-5H,1H3. The molecular weight excluding hydrogens is 360 g/mol. The van der Waals surface area contributed by atoms with Crippen LogP contribution < -0.4 is 16.4 Å². The van der Waals surface area contributed by atoms with E-state index in [2.05, 4.69) is 25.3 Å². The summed E-state index contributed by atoms with van der Waals surface area (Å²) in [5, 5.41) is 10.3. The number of halogens is 1. The lowest BCUT2D eigenvalue weighted by Crippen LogP contribution is -2.36. The molecule has 1 fully saturated rings. The summed E-state index contributed by atoms with van der Waals surface area (Å²) in [5.74, 6) is -0.372. The molecule has 1 amide bonds. The summed E-state index contributed by atoms with van der Waals surface area (Å²) in [7, 11) is 0. The Kier molecular flexibility index (Phi) is 8.33. The van der Waals surface area contributed by atoms with Crippen molar-refractivity contribution < 1.29 is 14.1 Å². The smallest absolute Gasteiger partial charge is 0.380 e. The SMILES string of the molecule is Cc1ccccc1Cl.O=C(Cc1noc(=O)[nH]1)NCC1CNCCOC1. The van der Waals surface area contributed by atoms with Gasteiger partial charge in [-0.3, -0.25) is 14.3 Å². The molecule has 1 atom stereocenters. The van der Waals surface area contributed by atoms with Crippen LogP contribution in [0.15, 0.2) is 33.6 Å². The number of carbonyl (C=O) groups is 1. The van der Waals surface area contributed by atoms with Crippen LogP contribution in [0.4, 0.5) is 0 Å². The second-order valence-electron chi connectivity index (χ2n) is 5.92. The molecule has 1 aromatic carbocycles. The molecule has 0 radical (unpaired) electrons. The number of nitrogens with one attached hydrogen (secondary N) is 3. The molecule has 3 N–H and O–H groups in total. The molecular formula is C17H23ClN4O4. The number of hydrogen-bond donors (Lipinski definition) is 3. The van der Waals surface area contributed by atoms with Crippen LogP contribution in [0.25, 0.3) is 0 Å². The Hall–Kier alpha value is -2.16. The van der Waals surface area contributed by atoms with Gasteiger partial charge in [0.05, 0.1) is 19.6 Å². The highest BCUT2D eigenvalue weighted by atomic mass is 35.5. The highest BCUT2D eigenvalue weighted by molar-refractivity contribution is 6.31. The number of aryl methyl sites for hydroxylation is 1. The maximum absolute atomic E-state index is 11.6. The lowest BCUT2D eigenvalue weighted by Gasteiger charge is -2.14.